The number of hydrazone groups is 1. The van der Waals surface area contributed by atoms with Gasteiger partial charge in [-0.2, -0.15) is 10.2 Å². The van der Waals surface area contributed by atoms with E-state index < -0.39 is 0 Å². The van der Waals surface area contributed by atoms with Crippen LogP contribution in [0.25, 0.3) is 16.9 Å². The first-order chi connectivity index (χ1) is 14.2. The summed E-state index contributed by atoms with van der Waals surface area (Å²) in [6.45, 7) is 1.90. The largest absolute Gasteiger partial charge is 0.273 e. The number of para-hydroxylation sites is 1. The Kier molecular flexibility index (Phi) is 5.53. The number of aromatic nitrogens is 4. The third-order valence-corrected chi connectivity index (χ3v) is 5.04. The van der Waals surface area contributed by atoms with Gasteiger partial charge in [0.25, 0.3) is 0 Å². The molecular weight excluding hydrogens is 384 g/mol. The van der Waals surface area contributed by atoms with Crippen molar-refractivity contribution in [1.29, 1.82) is 0 Å². The molecule has 7 nitrogen and oxygen atoms in total. The Morgan fingerprint density at radius 2 is 2.10 bits per heavy atom. The minimum Gasteiger partial charge on any atom is -0.273 e. The van der Waals surface area contributed by atoms with Gasteiger partial charge in [-0.3, -0.25) is 9.78 Å². The molecule has 0 aliphatic heterocycles. The van der Waals surface area contributed by atoms with Crippen LogP contribution >= 0.6 is 11.3 Å². The van der Waals surface area contributed by atoms with Crippen molar-refractivity contribution in [2.75, 3.05) is 0 Å². The lowest BCUT2D eigenvalue weighted by molar-refractivity contribution is -0.120. The van der Waals surface area contributed by atoms with E-state index in [1.165, 1.54) is 11.3 Å². The molecule has 0 aliphatic carbocycles. The van der Waals surface area contributed by atoms with Crippen LogP contribution < -0.4 is 5.43 Å². The number of hydrogen-bond acceptors (Lipinski definition) is 6. The molecular formula is C21H18N6OS. The molecule has 0 atom stereocenters. The zero-order chi connectivity index (χ0) is 20.1. The number of nitrogens with zero attached hydrogens (tertiary/aromatic N) is 5. The highest BCUT2D eigenvalue weighted by Crippen LogP contribution is 2.21. The summed E-state index contributed by atoms with van der Waals surface area (Å²) >= 11 is 1.46. The second kappa shape index (κ2) is 8.57. The molecule has 0 fully saturated rings. The Morgan fingerprint density at radius 1 is 1.24 bits per heavy atom. The summed E-state index contributed by atoms with van der Waals surface area (Å²) in [6, 6.07) is 13.6. The average Bonchev–Trinajstić information content (AvgIpc) is 3.35. The van der Waals surface area contributed by atoms with Gasteiger partial charge >= 0.3 is 0 Å². The second-order valence-electron chi connectivity index (χ2n) is 6.31. The summed E-state index contributed by atoms with van der Waals surface area (Å²) in [6.07, 6.45) is 7.14. The van der Waals surface area contributed by atoms with Crippen LogP contribution in [-0.4, -0.2) is 31.9 Å². The van der Waals surface area contributed by atoms with Crippen molar-refractivity contribution in [3.8, 4) is 16.9 Å². The van der Waals surface area contributed by atoms with Gasteiger partial charge in [0.1, 0.15) is 10.7 Å². The number of rotatable bonds is 6. The fourth-order valence-corrected chi connectivity index (χ4v) is 3.53. The minimum atomic E-state index is -0.214. The van der Waals surface area contributed by atoms with Gasteiger partial charge in [-0.1, -0.05) is 18.2 Å². The van der Waals surface area contributed by atoms with Gasteiger partial charge in [0.2, 0.25) is 5.91 Å². The molecule has 144 valence electrons. The number of thiazole rings is 1. The summed E-state index contributed by atoms with van der Waals surface area (Å²) in [7, 11) is 0. The summed E-state index contributed by atoms with van der Waals surface area (Å²) < 4.78 is 1.78. The lowest BCUT2D eigenvalue weighted by Crippen LogP contribution is -2.19. The van der Waals surface area contributed by atoms with Gasteiger partial charge in [0.05, 0.1) is 18.3 Å². The summed E-state index contributed by atoms with van der Waals surface area (Å²) in [5.74, 6) is -0.214. The number of carbonyl (C=O) groups is 1. The Labute approximate surface area is 171 Å². The van der Waals surface area contributed by atoms with Crippen LogP contribution in [-0.2, 0) is 11.2 Å². The van der Waals surface area contributed by atoms with Crippen molar-refractivity contribution < 1.29 is 4.79 Å². The molecule has 1 aromatic carbocycles. The highest BCUT2D eigenvalue weighted by molar-refractivity contribution is 7.09. The van der Waals surface area contributed by atoms with Crippen molar-refractivity contribution in [2.24, 2.45) is 5.10 Å². The van der Waals surface area contributed by atoms with Gasteiger partial charge in [-0.25, -0.2) is 15.1 Å². The first kappa shape index (κ1) is 18.7. The number of nitrogens with one attached hydrogen (secondary N) is 1. The van der Waals surface area contributed by atoms with E-state index in [-0.39, 0.29) is 12.3 Å². The van der Waals surface area contributed by atoms with Gasteiger partial charge in [-0.05, 0) is 31.2 Å². The molecule has 0 radical (unpaired) electrons. The number of carbonyl (C=O) groups excluding carboxylic acids is 1. The fraction of sp³-hybridized carbons (Fsp3) is 0.0952. The molecule has 0 saturated heterocycles. The molecule has 1 amide bonds. The SMILES string of the molecule is Cc1csc(CC(=O)N/N=C\c2cn(-c3ccccc3)nc2-c2cccnc2)n1. The van der Waals surface area contributed by atoms with Crippen molar-refractivity contribution in [3.05, 3.63) is 82.7 Å². The summed E-state index contributed by atoms with van der Waals surface area (Å²) in [4.78, 5) is 20.6. The molecule has 0 unspecified atom stereocenters. The van der Waals surface area contributed by atoms with E-state index in [0.717, 1.165) is 33.2 Å². The van der Waals surface area contributed by atoms with Crippen LogP contribution in [0.4, 0.5) is 0 Å². The van der Waals surface area contributed by atoms with E-state index >= 15 is 0 Å². The Morgan fingerprint density at radius 3 is 2.83 bits per heavy atom. The summed E-state index contributed by atoms with van der Waals surface area (Å²) in [5.41, 5.74) is 6.78. The summed E-state index contributed by atoms with van der Waals surface area (Å²) in [5, 5.41) is 11.5. The van der Waals surface area contributed by atoms with Gasteiger partial charge in [-0.15, -0.1) is 11.3 Å². The van der Waals surface area contributed by atoms with Crippen LogP contribution in [0.1, 0.15) is 16.3 Å². The van der Waals surface area contributed by atoms with E-state index in [1.807, 2.05) is 61.0 Å². The zero-order valence-corrected chi connectivity index (χ0v) is 16.5. The molecule has 4 rings (SSSR count). The van der Waals surface area contributed by atoms with Crippen LogP contribution in [0.15, 0.2) is 71.5 Å². The maximum atomic E-state index is 12.1. The second-order valence-corrected chi connectivity index (χ2v) is 7.25. The van der Waals surface area contributed by atoms with E-state index in [0.29, 0.717) is 0 Å². The van der Waals surface area contributed by atoms with Crippen LogP contribution in [0.5, 0.6) is 0 Å². The highest BCUT2D eigenvalue weighted by Gasteiger charge is 2.11. The molecule has 0 spiro atoms. The van der Waals surface area contributed by atoms with E-state index in [2.05, 4.69) is 25.6 Å². The van der Waals surface area contributed by atoms with Crippen LogP contribution in [0, 0.1) is 6.92 Å². The first-order valence-corrected chi connectivity index (χ1v) is 9.85. The molecule has 0 saturated carbocycles. The smallest absolute Gasteiger partial charge is 0.246 e. The third kappa shape index (κ3) is 4.61. The van der Waals surface area contributed by atoms with Crippen molar-refractivity contribution >= 4 is 23.5 Å². The van der Waals surface area contributed by atoms with Crippen molar-refractivity contribution in [2.45, 2.75) is 13.3 Å². The standard InChI is InChI=1S/C21H18N6OS/c1-15-14-29-20(24-15)10-19(28)25-23-12-17-13-27(18-7-3-2-4-8-18)26-21(17)16-6-5-9-22-11-16/h2-9,11-14H,10H2,1H3,(H,25,28)/b23-12-. The maximum absolute atomic E-state index is 12.1. The Hall–Kier alpha value is -3.65. The third-order valence-electron chi connectivity index (χ3n) is 4.07. The van der Waals surface area contributed by atoms with E-state index in [1.54, 1.807) is 23.3 Å². The molecule has 4 aromatic rings. The molecule has 29 heavy (non-hydrogen) atoms. The molecule has 0 bridgehead atoms. The number of pyridine rings is 1. The van der Waals surface area contributed by atoms with Crippen LogP contribution in [0.3, 0.4) is 0 Å². The quantitative estimate of drug-likeness (QED) is 0.396. The first-order valence-electron chi connectivity index (χ1n) is 8.97. The predicted octanol–water partition coefficient (Wildman–Crippen LogP) is 3.39. The van der Waals surface area contributed by atoms with E-state index in [9.17, 15) is 4.79 Å². The zero-order valence-electron chi connectivity index (χ0n) is 15.7. The highest BCUT2D eigenvalue weighted by atomic mass is 32.1. The van der Waals surface area contributed by atoms with Crippen molar-refractivity contribution in [1.82, 2.24) is 25.2 Å². The van der Waals surface area contributed by atoms with Crippen LogP contribution in [0.2, 0.25) is 0 Å². The predicted molar refractivity (Wildman–Crippen MR) is 113 cm³/mol. The number of hydrogen-bond donors (Lipinski definition) is 1. The lowest BCUT2D eigenvalue weighted by atomic mass is 10.1. The number of aryl methyl sites for hydroxylation is 1. The minimum absolute atomic E-state index is 0.203. The van der Waals surface area contributed by atoms with Crippen molar-refractivity contribution in [3.63, 3.8) is 0 Å². The monoisotopic (exact) mass is 402 g/mol. The normalized spacial score (nSPS) is 11.1. The molecule has 3 aromatic heterocycles. The molecule has 0 aliphatic rings. The molecule has 3 heterocycles. The average molecular weight is 402 g/mol. The molecule has 8 heteroatoms. The fourth-order valence-electron chi connectivity index (χ4n) is 2.76. The van der Waals surface area contributed by atoms with Gasteiger partial charge < -0.3 is 0 Å². The molecule has 1 N–H and O–H groups in total. The Bertz CT molecular complexity index is 1130. The lowest BCUT2D eigenvalue weighted by Gasteiger charge is -2.00. The topological polar surface area (TPSA) is 85.1 Å². The Balaban J connectivity index is 1.56. The number of amides is 1. The maximum Gasteiger partial charge on any atom is 0.246 e. The van der Waals surface area contributed by atoms with Gasteiger partial charge in [0, 0.05) is 40.8 Å². The number of benzene rings is 1. The van der Waals surface area contributed by atoms with E-state index in [4.69, 9.17) is 0 Å². The van der Waals surface area contributed by atoms with Gasteiger partial charge in [0.15, 0.2) is 0 Å².